The second kappa shape index (κ2) is 13.4. The molecule has 0 bridgehead atoms. The van der Waals surface area contributed by atoms with Crippen LogP contribution < -0.4 is 10.2 Å². The van der Waals surface area contributed by atoms with Crippen molar-refractivity contribution in [2.24, 2.45) is 5.10 Å². The number of rotatable bonds is 9. The van der Waals surface area contributed by atoms with Crippen molar-refractivity contribution in [2.75, 3.05) is 18.1 Å². The molecule has 158 valence electrons. The largest absolute Gasteiger partial charge is 0.493 e. The molecule has 1 amide bonds. The Hall–Kier alpha value is -2.83. The first-order valence-electron chi connectivity index (χ1n) is 9.95. The Morgan fingerprint density at radius 3 is 2.57 bits per heavy atom. The lowest BCUT2D eigenvalue weighted by Crippen LogP contribution is -2.20. The number of carbonyl (C=O) groups is 1. The molecule has 0 unspecified atom stereocenters. The Morgan fingerprint density at radius 1 is 1.07 bits per heavy atom. The summed E-state index contributed by atoms with van der Waals surface area (Å²) in [5.41, 5.74) is 4.32. The summed E-state index contributed by atoms with van der Waals surface area (Å²) >= 11 is 1.50. The lowest BCUT2D eigenvalue weighted by molar-refractivity contribution is -0.118. The predicted molar refractivity (Wildman–Crippen MR) is 126 cm³/mol. The Kier molecular flexibility index (Phi) is 10.5. The Labute approximate surface area is 182 Å². The molecule has 0 atom stereocenters. The van der Waals surface area contributed by atoms with Gasteiger partial charge in [-0.1, -0.05) is 56.3 Å². The molecule has 0 aliphatic rings. The first-order valence-corrected chi connectivity index (χ1v) is 11.1. The number of fused-ring (bicyclic) bond motifs is 1. The van der Waals surface area contributed by atoms with Crippen molar-refractivity contribution in [2.45, 2.75) is 20.5 Å². The summed E-state index contributed by atoms with van der Waals surface area (Å²) in [6, 6.07) is 21.3. The molecule has 6 heteroatoms. The van der Waals surface area contributed by atoms with E-state index >= 15 is 0 Å². The van der Waals surface area contributed by atoms with E-state index in [9.17, 15) is 9.90 Å². The van der Waals surface area contributed by atoms with E-state index in [0.717, 1.165) is 33.4 Å². The van der Waals surface area contributed by atoms with E-state index < -0.39 is 0 Å². The van der Waals surface area contributed by atoms with Crippen molar-refractivity contribution >= 4 is 34.7 Å². The average molecular weight is 425 g/mol. The highest BCUT2D eigenvalue weighted by atomic mass is 32.2. The molecule has 5 nitrogen and oxygen atoms in total. The Bertz CT molecular complexity index is 946. The number of amides is 1. The molecule has 0 saturated heterocycles. The number of carbonyl (C=O) groups excluding carboxylic acids is 1. The molecule has 0 heterocycles. The SMILES string of the molecule is CC.O=C(CSCCOc1ccccc1)N/N=C/c1ccc2cc(CO)ccc2c1. The fourth-order valence-corrected chi connectivity index (χ4v) is 3.20. The number of nitrogens with zero attached hydrogens (tertiary/aromatic N) is 1. The minimum absolute atomic E-state index is 0.0293. The number of ether oxygens (including phenoxy) is 1. The Morgan fingerprint density at radius 2 is 1.80 bits per heavy atom. The monoisotopic (exact) mass is 424 g/mol. The number of para-hydroxylation sites is 1. The summed E-state index contributed by atoms with van der Waals surface area (Å²) in [6.07, 6.45) is 1.63. The van der Waals surface area contributed by atoms with E-state index in [-0.39, 0.29) is 12.5 Å². The zero-order valence-corrected chi connectivity index (χ0v) is 18.2. The van der Waals surface area contributed by atoms with Gasteiger partial charge in [-0.25, -0.2) is 5.43 Å². The molecule has 2 N–H and O–H groups in total. The van der Waals surface area contributed by atoms with Crippen molar-refractivity contribution in [3.63, 3.8) is 0 Å². The van der Waals surface area contributed by atoms with Crippen molar-refractivity contribution in [3.8, 4) is 5.75 Å². The maximum absolute atomic E-state index is 11.8. The van der Waals surface area contributed by atoms with Gasteiger partial charge >= 0.3 is 0 Å². The van der Waals surface area contributed by atoms with Crippen molar-refractivity contribution in [1.82, 2.24) is 5.43 Å². The van der Waals surface area contributed by atoms with Crippen LogP contribution in [0.15, 0.2) is 71.8 Å². The van der Waals surface area contributed by atoms with Gasteiger partial charge in [0, 0.05) is 5.75 Å². The second-order valence-corrected chi connectivity index (χ2v) is 7.21. The number of hydrogen-bond acceptors (Lipinski definition) is 5. The molecule has 0 fully saturated rings. The maximum Gasteiger partial charge on any atom is 0.250 e. The van der Waals surface area contributed by atoms with Crippen LogP contribution in [0.2, 0.25) is 0 Å². The maximum atomic E-state index is 11.8. The second-order valence-electron chi connectivity index (χ2n) is 6.11. The summed E-state index contributed by atoms with van der Waals surface area (Å²) in [7, 11) is 0. The molecular weight excluding hydrogens is 396 g/mol. The number of hydrazone groups is 1. The summed E-state index contributed by atoms with van der Waals surface area (Å²) in [5.74, 6) is 1.75. The molecule has 30 heavy (non-hydrogen) atoms. The molecule has 3 aromatic rings. The standard InChI is InChI=1S/C22H22N2O3S.C2H6/c25-15-18-7-9-19-12-17(6-8-20(19)13-18)14-23-24-22(26)16-28-11-10-27-21-4-2-1-3-5-21;1-2/h1-9,12-14,25H,10-11,15-16H2,(H,24,26);1-2H3/b23-14+;. The first kappa shape index (κ1) is 23.4. The summed E-state index contributed by atoms with van der Waals surface area (Å²) in [6.45, 7) is 4.59. The summed E-state index contributed by atoms with van der Waals surface area (Å²) < 4.78 is 5.58. The molecule has 0 spiro atoms. The first-order chi connectivity index (χ1) is 14.7. The van der Waals surface area contributed by atoms with E-state index in [2.05, 4.69) is 10.5 Å². The van der Waals surface area contributed by atoms with Crippen LogP contribution in [0.3, 0.4) is 0 Å². The molecule has 0 saturated carbocycles. The van der Waals surface area contributed by atoms with Crippen LogP contribution >= 0.6 is 11.8 Å². The van der Waals surface area contributed by atoms with Crippen molar-refractivity contribution < 1.29 is 14.6 Å². The summed E-state index contributed by atoms with van der Waals surface area (Å²) in [4.78, 5) is 11.8. The van der Waals surface area contributed by atoms with Crippen LogP contribution in [0.5, 0.6) is 5.75 Å². The molecule has 3 rings (SSSR count). The number of nitrogens with one attached hydrogen (secondary N) is 1. The van der Waals surface area contributed by atoms with Gasteiger partial charge in [0.2, 0.25) is 5.91 Å². The normalized spacial score (nSPS) is 10.5. The fourth-order valence-electron chi connectivity index (χ4n) is 2.60. The van der Waals surface area contributed by atoms with Crippen LogP contribution in [-0.4, -0.2) is 35.3 Å². The lowest BCUT2D eigenvalue weighted by Gasteiger charge is -2.05. The fraction of sp³-hybridized carbons (Fsp3) is 0.250. The minimum atomic E-state index is -0.144. The van der Waals surface area contributed by atoms with Gasteiger partial charge in [-0.15, -0.1) is 11.8 Å². The highest BCUT2D eigenvalue weighted by molar-refractivity contribution is 7.99. The molecule has 0 aromatic heterocycles. The quantitative estimate of drug-likeness (QED) is 0.299. The molecule has 0 aliphatic heterocycles. The highest BCUT2D eigenvalue weighted by Gasteiger charge is 2.01. The number of benzene rings is 3. The number of hydrogen-bond donors (Lipinski definition) is 2. The van der Waals surface area contributed by atoms with Crippen LogP contribution in [0.1, 0.15) is 25.0 Å². The van der Waals surface area contributed by atoms with Gasteiger partial charge in [-0.3, -0.25) is 4.79 Å². The Balaban J connectivity index is 0.00000155. The topological polar surface area (TPSA) is 70.9 Å². The third-order valence-electron chi connectivity index (χ3n) is 3.99. The lowest BCUT2D eigenvalue weighted by atomic mass is 10.0. The van der Waals surface area contributed by atoms with Gasteiger partial charge in [0.25, 0.3) is 0 Å². The minimum Gasteiger partial charge on any atom is -0.493 e. The zero-order chi connectivity index (χ0) is 21.6. The number of aliphatic hydroxyl groups is 1. The number of thioether (sulfide) groups is 1. The summed E-state index contributed by atoms with van der Waals surface area (Å²) in [5, 5.41) is 15.3. The van der Waals surface area contributed by atoms with Gasteiger partial charge < -0.3 is 9.84 Å². The van der Waals surface area contributed by atoms with Gasteiger partial charge in [-0.2, -0.15) is 5.10 Å². The van der Waals surface area contributed by atoms with Gasteiger partial charge in [0.15, 0.2) is 0 Å². The molecule has 0 radical (unpaired) electrons. The van der Waals surface area contributed by atoms with Gasteiger partial charge in [-0.05, 0) is 46.2 Å². The van der Waals surface area contributed by atoms with Crippen LogP contribution in [0.4, 0.5) is 0 Å². The van der Waals surface area contributed by atoms with E-state index in [1.54, 1.807) is 6.21 Å². The van der Waals surface area contributed by atoms with Crippen LogP contribution in [-0.2, 0) is 11.4 Å². The van der Waals surface area contributed by atoms with Gasteiger partial charge in [0.05, 0.1) is 25.2 Å². The van der Waals surface area contributed by atoms with Crippen molar-refractivity contribution in [3.05, 3.63) is 77.9 Å². The van der Waals surface area contributed by atoms with E-state index in [1.165, 1.54) is 11.8 Å². The van der Waals surface area contributed by atoms with Gasteiger partial charge in [0.1, 0.15) is 5.75 Å². The molecule has 3 aromatic carbocycles. The van der Waals surface area contributed by atoms with E-state index in [1.807, 2.05) is 80.6 Å². The van der Waals surface area contributed by atoms with E-state index in [4.69, 9.17) is 4.74 Å². The zero-order valence-electron chi connectivity index (χ0n) is 17.4. The van der Waals surface area contributed by atoms with Crippen molar-refractivity contribution in [1.29, 1.82) is 0 Å². The highest BCUT2D eigenvalue weighted by Crippen LogP contribution is 2.17. The molecular formula is C24H28N2O3S. The third-order valence-corrected chi connectivity index (χ3v) is 4.91. The number of aliphatic hydroxyl groups excluding tert-OH is 1. The average Bonchev–Trinajstić information content (AvgIpc) is 2.80. The van der Waals surface area contributed by atoms with Crippen LogP contribution in [0, 0.1) is 0 Å². The molecule has 0 aliphatic carbocycles. The smallest absolute Gasteiger partial charge is 0.250 e. The van der Waals surface area contributed by atoms with Crippen LogP contribution in [0.25, 0.3) is 10.8 Å². The predicted octanol–water partition coefficient (Wildman–Crippen LogP) is 4.62. The third kappa shape index (κ3) is 7.89. The van der Waals surface area contributed by atoms with E-state index in [0.29, 0.717) is 12.4 Å².